The third-order valence-corrected chi connectivity index (χ3v) is 8.77. The van der Waals surface area contributed by atoms with Gasteiger partial charge in [-0.3, -0.25) is 0 Å². The van der Waals surface area contributed by atoms with Crippen LogP contribution in [0, 0.1) is 6.92 Å². The van der Waals surface area contributed by atoms with Crippen LogP contribution in [-0.4, -0.2) is 51.5 Å². The van der Waals surface area contributed by atoms with E-state index < -0.39 is 29.2 Å². The Bertz CT molecular complexity index is 795. The monoisotopic (exact) mass is 436 g/mol. The summed E-state index contributed by atoms with van der Waals surface area (Å²) in [6.45, 7) is 2.12. The SMILES string of the molecule is Cc1ccc(C2[C@H](O)[C@H](O)[C@H](O)C[SH]2C)cc1Cc1ccc(CCCCCl)cc1. The molecule has 1 saturated heterocycles. The van der Waals surface area contributed by atoms with E-state index in [-0.39, 0.29) is 5.25 Å². The summed E-state index contributed by atoms with van der Waals surface area (Å²) in [5.74, 6) is 1.28. The van der Waals surface area contributed by atoms with Gasteiger partial charge in [-0.25, -0.2) is 10.9 Å². The fourth-order valence-electron chi connectivity index (χ4n) is 4.18. The molecule has 2 unspecified atom stereocenters. The van der Waals surface area contributed by atoms with Crippen molar-refractivity contribution >= 4 is 22.5 Å². The second kappa shape index (κ2) is 10.3. The summed E-state index contributed by atoms with van der Waals surface area (Å²) in [7, 11) is -0.599. The number of thiol groups is 1. The quantitative estimate of drug-likeness (QED) is 0.302. The first-order valence-electron chi connectivity index (χ1n) is 10.4. The number of rotatable bonds is 7. The fourth-order valence-corrected chi connectivity index (χ4v) is 6.77. The molecular formula is C24H33ClO3S. The van der Waals surface area contributed by atoms with Crippen LogP contribution < -0.4 is 0 Å². The van der Waals surface area contributed by atoms with Gasteiger partial charge in [-0.05, 0) is 66.7 Å². The Morgan fingerprint density at radius 2 is 1.66 bits per heavy atom. The van der Waals surface area contributed by atoms with Gasteiger partial charge in [-0.1, -0.05) is 42.5 Å². The van der Waals surface area contributed by atoms with Gasteiger partial charge in [0.1, 0.15) is 6.10 Å². The molecule has 5 heteroatoms. The first kappa shape index (κ1) is 22.6. The Hall–Kier alpha value is -1.04. The zero-order chi connectivity index (χ0) is 21.0. The normalized spacial score (nSPS) is 28.4. The maximum atomic E-state index is 10.6. The van der Waals surface area contributed by atoms with Gasteiger partial charge in [0.05, 0.1) is 12.2 Å². The van der Waals surface area contributed by atoms with Gasteiger partial charge in [-0.2, -0.15) is 0 Å². The maximum absolute atomic E-state index is 10.6. The van der Waals surface area contributed by atoms with E-state index in [1.54, 1.807) is 0 Å². The smallest absolute Gasteiger partial charge is 0.108 e. The average molecular weight is 437 g/mol. The highest BCUT2D eigenvalue weighted by Gasteiger charge is 2.40. The van der Waals surface area contributed by atoms with Crippen molar-refractivity contribution in [1.29, 1.82) is 0 Å². The van der Waals surface area contributed by atoms with Crippen molar-refractivity contribution in [3.63, 3.8) is 0 Å². The molecule has 0 amide bonds. The molecule has 0 spiro atoms. The topological polar surface area (TPSA) is 60.7 Å². The van der Waals surface area contributed by atoms with E-state index in [1.807, 2.05) is 0 Å². The van der Waals surface area contributed by atoms with Crippen LogP contribution >= 0.6 is 22.5 Å². The van der Waals surface area contributed by atoms with Crippen LogP contribution in [0.3, 0.4) is 0 Å². The highest BCUT2D eigenvalue weighted by Crippen LogP contribution is 2.48. The summed E-state index contributed by atoms with van der Waals surface area (Å²) in [6.07, 6.45) is 3.35. The number of alkyl halides is 1. The third kappa shape index (κ3) is 5.56. The summed E-state index contributed by atoms with van der Waals surface area (Å²) < 4.78 is 0. The van der Waals surface area contributed by atoms with Crippen molar-refractivity contribution in [3.05, 3.63) is 70.3 Å². The molecule has 1 aliphatic rings. The first-order valence-corrected chi connectivity index (χ1v) is 13.0. The maximum Gasteiger partial charge on any atom is 0.108 e. The zero-order valence-electron chi connectivity index (χ0n) is 17.3. The summed E-state index contributed by atoms with van der Waals surface area (Å²) in [5, 5.41) is 30.6. The van der Waals surface area contributed by atoms with Crippen LogP contribution in [0.25, 0.3) is 0 Å². The summed E-state index contributed by atoms with van der Waals surface area (Å²) in [4.78, 5) is 0. The van der Waals surface area contributed by atoms with E-state index in [9.17, 15) is 15.3 Å². The predicted molar refractivity (Wildman–Crippen MR) is 125 cm³/mol. The number of aliphatic hydroxyl groups excluding tert-OH is 3. The number of unbranched alkanes of at least 4 members (excludes halogenated alkanes) is 1. The summed E-state index contributed by atoms with van der Waals surface area (Å²) in [5.41, 5.74) is 6.15. The lowest BCUT2D eigenvalue weighted by Gasteiger charge is -2.42. The Morgan fingerprint density at radius 3 is 2.34 bits per heavy atom. The Kier molecular flexibility index (Phi) is 8.06. The third-order valence-electron chi connectivity index (χ3n) is 6.00. The highest BCUT2D eigenvalue weighted by atomic mass is 35.5. The van der Waals surface area contributed by atoms with Crippen molar-refractivity contribution in [2.24, 2.45) is 0 Å². The molecular weight excluding hydrogens is 404 g/mol. The molecule has 5 atom stereocenters. The number of aryl methyl sites for hydroxylation is 2. The van der Waals surface area contributed by atoms with Gasteiger partial charge in [0.25, 0.3) is 0 Å². The van der Waals surface area contributed by atoms with Crippen molar-refractivity contribution in [3.8, 4) is 0 Å². The summed E-state index contributed by atoms with van der Waals surface area (Å²) >= 11 is 5.76. The lowest BCUT2D eigenvalue weighted by atomic mass is 9.93. The Labute approximate surface area is 182 Å². The lowest BCUT2D eigenvalue weighted by Crippen LogP contribution is -2.47. The lowest BCUT2D eigenvalue weighted by molar-refractivity contribution is -0.0561. The Morgan fingerprint density at radius 1 is 0.966 bits per heavy atom. The second-order valence-electron chi connectivity index (χ2n) is 8.26. The van der Waals surface area contributed by atoms with Crippen LogP contribution in [0.15, 0.2) is 42.5 Å². The molecule has 3 nitrogen and oxygen atoms in total. The van der Waals surface area contributed by atoms with Crippen molar-refractivity contribution < 1.29 is 15.3 Å². The standard InChI is InChI=1S/C24H33ClO3S/c1-16-6-11-19(24-23(28)22(27)21(26)15-29(24)2)14-20(16)13-18-9-7-17(8-10-18)5-3-4-12-25/h6-11,14,21-24,26-29H,3-5,12-13,15H2,1-2H3/t21-,22-,23-,24?/m1/s1. The minimum absolute atomic E-state index is 0.105. The molecule has 29 heavy (non-hydrogen) atoms. The van der Waals surface area contributed by atoms with Crippen LogP contribution in [0.5, 0.6) is 0 Å². The molecule has 160 valence electrons. The first-order chi connectivity index (χ1) is 13.9. The van der Waals surface area contributed by atoms with Crippen molar-refractivity contribution in [1.82, 2.24) is 0 Å². The molecule has 1 heterocycles. The number of aliphatic hydroxyl groups is 3. The minimum Gasteiger partial charge on any atom is -0.390 e. The van der Waals surface area contributed by atoms with E-state index in [0.717, 1.165) is 37.1 Å². The number of hydrogen-bond acceptors (Lipinski definition) is 3. The molecule has 1 aliphatic heterocycles. The molecule has 2 aromatic carbocycles. The molecule has 0 aliphatic carbocycles. The number of halogens is 1. The largest absolute Gasteiger partial charge is 0.390 e. The molecule has 0 aromatic heterocycles. The van der Waals surface area contributed by atoms with E-state index in [2.05, 4.69) is 55.6 Å². The molecule has 0 radical (unpaired) electrons. The zero-order valence-corrected chi connectivity index (χ0v) is 18.9. The van der Waals surface area contributed by atoms with E-state index in [0.29, 0.717) is 5.75 Å². The van der Waals surface area contributed by atoms with Gasteiger partial charge in [0, 0.05) is 16.9 Å². The van der Waals surface area contributed by atoms with Crippen molar-refractivity contribution in [2.75, 3.05) is 17.9 Å². The van der Waals surface area contributed by atoms with E-state index in [1.165, 1.54) is 22.3 Å². The van der Waals surface area contributed by atoms with Gasteiger partial charge >= 0.3 is 0 Å². The molecule has 1 fully saturated rings. The predicted octanol–water partition coefficient (Wildman–Crippen LogP) is 3.92. The molecule has 3 rings (SSSR count). The summed E-state index contributed by atoms with van der Waals surface area (Å²) in [6, 6.07) is 15.2. The van der Waals surface area contributed by atoms with Gasteiger partial charge < -0.3 is 15.3 Å². The van der Waals surface area contributed by atoms with Crippen LogP contribution in [-0.2, 0) is 12.8 Å². The van der Waals surface area contributed by atoms with Crippen LogP contribution in [0.1, 0.15) is 45.9 Å². The number of hydrogen-bond donors (Lipinski definition) is 4. The van der Waals surface area contributed by atoms with Gasteiger partial charge in [0.15, 0.2) is 0 Å². The average Bonchev–Trinajstić information content (AvgIpc) is 2.70. The second-order valence-corrected chi connectivity index (χ2v) is 11.1. The molecule has 3 N–H and O–H groups in total. The Balaban J connectivity index is 1.75. The van der Waals surface area contributed by atoms with Gasteiger partial charge in [-0.15, -0.1) is 11.6 Å². The van der Waals surface area contributed by atoms with Crippen molar-refractivity contribution in [2.45, 2.75) is 56.2 Å². The van der Waals surface area contributed by atoms with Gasteiger partial charge in [0.2, 0.25) is 0 Å². The van der Waals surface area contributed by atoms with E-state index in [4.69, 9.17) is 11.6 Å². The molecule has 0 bridgehead atoms. The van der Waals surface area contributed by atoms with Crippen LogP contribution in [0.2, 0.25) is 0 Å². The van der Waals surface area contributed by atoms with Crippen LogP contribution in [0.4, 0.5) is 0 Å². The molecule has 0 saturated carbocycles. The van der Waals surface area contributed by atoms with E-state index >= 15 is 0 Å². The fraction of sp³-hybridized carbons (Fsp3) is 0.500. The minimum atomic E-state index is -1.07. The number of benzene rings is 2. The molecule has 2 aromatic rings. The highest BCUT2D eigenvalue weighted by molar-refractivity contribution is 8.16.